The first kappa shape index (κ1) is 14.3. The van der Waals surface area contributed by atoms with Crippen LogP contribution in [0.15, 0.2) is 0 Å². The summed E-state index contributed by atoms with van der Waals surface area (Å²) in [6.07, 6.45) is 10.2. The van der Waals surface area contributed by atoms with Crippen LogP contribution >= 0.6 is 0 Å². The molecule has 2 aliphatic rings. The van der Waals surface area contributed by atoms with Crippen LogP contribution in [0, 0.1) is 5.92 Å². The Bertz CT molecular complexity index is 347. The Kier molecular flexibility index (Phi) is 5.07. The van der Waals surface area contributed by atoms with Crippen LogP contribution in [0.5, 0.6) is 0 Å². The van der Waals surface area contributed by atoms with Crippen LogP contribution in [-0.2, 0) is 10.0 Å². The van der Waals surface area contributed by atoms with Gasteiger partial charge in [-0.25, -0.2) is 8.42 Å². The summed E-state index contributed by atoms with van der Waals surface area (Å²) >= 11 is 0. The van der Waals surface area contributed by atoms with Crippen molar-refractivity contribution in [3.8, 4) is 0 Å². The first-order valence-electron chi connectivity index (χ1n) is 7.64. The van der Waals surface area contributed by atoms with Gasteiger partial charge >= 0.3 is 0 Å². The van der Waals surface area contributed by atoms with Crippen LogP contribution in [-0.4, -0.2) is 31.1 Å². The lowest BCUT2D eigenvalue weighted by Crippen LogP contribution is -2.40. The van der Waals surface area contributed by atoms with Crippen LogP contribution in [0.1, 0.15) is 64.7 Å². The normalized spacial score (nSPS) is 27.1. The minimum Gasteiger partial charge on any atom is -0.212 e. The zero-order valence-corrected chi connectivity index (χ0v) is 12.4. The maximum Gasteiger partial charge on any atom is 0.214 e. The second kappa shape index (κ2) is 6.38. The highest BCUT2D eigenvalue weighted by Crippen LogP contribution is 2.36. The van der Waals surface area contributed by atoms with Gasteiger partial charge in [-0.3, -0.25) is 0 Å². The molecular weight excluding hydrogens is 246 g/mol. The second-order valence-corrected chi connectivity index (χ2v) is 7.93. The van der Waals surface area contributed by atoms with Crippen molar-refractivity contribution in [3.05, 3.63) is 0 Å². The number of hydrogen-bond donors (Lipinski definition) is 0. The Morgan fingerprint density at radius 3 is 2.44 bits per heavy atom. The van der Waals surface area contributed by atoms with Gasteiger partial charge in [-0.05, 0) is 38.0 Å². The molecule has 2 fully saturated rings. The zero-order chi connectivity index (χ0) is 13.0. The molecular formula is C14H27NO2S. The van der Waals surface area contributed by atoms with Gasteiger partial charge in [0.25, 0.3) is 0 Å². The monoisotopic (exact) mass is 273 g/mol. The Morgan fingerprint density at radius 2 is 1.78 bits per heavy atom. The highest BCUT2D eigenvalue weighted by Gasteiger charge is 2.39. The Morgan fingerprint density at radius 1 is 1.06 bits per heavy atom. The summed E-state index contributed by atoms with van der Waals surface area (Å²) in [5, 5.41) is 0. The molecule has 0 unspecified atom stereocenters. The molecule has 0 aromatic carbocycles. The average molecular weight is 273 g/mol. The molecule has 0 aromatic rings. The average Bonchev–Trinajstić information content (AvgIpc) is 3.00. The molecule has 1 aliphatic carbocycles. The fourth-order valence-corrected chi connectivity index (χ4v) is 5.48. The predicted octanol–water partition coefficient (Wildman–Crippen LogP) is 3.16. The van der Waals surface area contributed by atoms with Gasteiger partial charge in [-0.1, -0.05) is 32.6 Å². The standard InChI is InChI=1S/C14H27NO2S/c1-2-3-6-12-18(16,17)15-11-7-10-14(15)13-8-4-5-9-13/h13-14H,2-12H2,1H3/t14-/m0/s1. The number of sulfonamides is 1. The van der Waals surface area contributed by atoms with Crippen LogP contribution in [0.2, 0.25) is 0 Å². The Balaban J connectivity index is 1.96. The molecule has 0 amide bonds. The second-order valence-electron chi connectivity index (χ2n) is 5.89. The van der Waals surface area contributed by atoms with Crippen molar-refractivity contribution in [2.45, 2.75) is 70.8 Å². The van der Waals surface area contributed by atoms with E-state index in [4.69, 9.17) is 0 Å². The van der Waals surface area contributed by atoms with E-state index < -0.39 is 10.0 Å². The molecule has 1 saturated carbocycles. The molecule has 0 aromatic heterocycles. The lowest BCUT2D eigenvalue weighted by molar-refractivity contribution is 0.288. The van der Waals surface area contributed by atoms with Gasteiger partial charge in [0.1, 0.15) is 0 Å². The molecule has 1 saturated heterocycles. The number of rotatable bonds is 6. The van der Waals surface area contributed by atoms with E-state index in [1.54, 1.807) is 0 Å². The fraction of sp³-hybridized carbons (Fsp3) is 1.00. The molecule has 1 atom stereocenters. The van der Waals surface area contributed by atoms with Crippen molar-refractivity contribution >= 4 is 10.0 Å². The van der Waals surface area contributed by atoms with Crippen molar-refractivity contribution in [1.82, 2.24) is 4.31 Å². The molecule has 18 heavy (non-hydrogen) atoms. The SMILES string of the molecule is CCCCCS(=O)(=O)N1CCC[C@H]1C1CCCC1. The third-order valence-corrected chi connectivity index (χ3v) is 6.53. The molecule has 0 N–H and O–H groups in total. The summed E-state index contributed by atoms with van der Waals surface area (Å²) in [6.45, 7) is 2.89. The number of unbranched alkanes of at least 4 members (excludes halogenated alkanes) is 2. The summed E-state index contributed by atoms with van der Waals surface area (Å²) < 4.78 is 26.7. The van der Waals surface area contributed by atoms with Gasteiger partial charge in [-0.2, -0.15) is 4.31 Å². The lowest BCUT2D eigenvalue weighted by atomic mass is 9.97. The van der Waals surface area contributed by atoms with Crippen LogP contribution in [0.4, 0.5) is 0 Å². The minimum atomic E-state index is -2.99. The maximum atomic E-state index is 12.4. The van der Waals surface area contributed by atoms with E-state index in [0.29, 0.717) is 17.7 Å². The highest BCUT2D eigenvalue weighted by atomic mass is 32.2. The van der Waals surface area contributed by atoms with E-state index in [0.717, 1.165) is 38.6 Å². The van der Waals surface area contributed by atoms with Gasteiger partial charge in [0.05, 0.1) is 5.75 Å². The molecule has 106 valence electrons. The summed E-state index contributed by atoms with van der Waals surface area (Å²) in [5.41, 5.74) is 0. The van der Waals surface area contributed by atoms with Crippen LogP contribution in [0.3, 0.4) is 0 Å². The number of hydrogen-bond acceptors (Lipinski definition) is 2. The van der Waals surface area contributed by atoms with E-state index in [1.807, 2.05) is 4.31 Å². The topological polar surface area (TPSA) is 37.4 Å². The molecule has 2 rings (SSSR count). The van der Waals surface area contributed by atoms with Crippen molar-refractivity contribution < 1.29 is 8.42 Å². The summed E-state index contributed by atoms with van der Waals surface area (Å²) in [4.78, 5) is 0. The van der Waals surface area contributed by atoms with Gasteiger partial charge in [-0.15, -0.1) is 0 Å². The van der Waals surface area contributed by atoms with E-state index in [9.17, 15) is 8.42 Å². The first-order valence-corrected chi connectivity index (χ1v) is 9.25. The highest BCUT2D eigenvalue weighted by molar-refractivity contribution is 7.89. The van der Waals surface area contributed by atoms with Gasteiger partial charge in [0.2, 0.25) is 10.0 Å². The smallest absolute Gasteiger partial charge is 0.212 e. The van der Waals surface area contributed by atoms with Crippen molar-refractivity contribution in [1.29, 1.82) is 0 Å². The van der Waals surface area contributed by atoms with Crippen molar-refractivity contribution in [3.63, 3.8) is 0 Å². The molecule has 0 radical (unpaired) electrons. The predicted molar refractivity (Wildman–Crippen MR) is 75.0 cm³/mol. The summed E-state index contributed by atoms with van der Waals surface area (Å²) in [7, 11) is -2.99. The summed E-state index contributed by atoms with van der Waals surface area (Å²) in [5.74, 6) is 1.01. The summed E-state index contributed by atoms with van der Waals surface area (Å²) in [6, 6.07) is 0.333. The molecule has 0 spiro atoms. The van der Waals surface area contributed by atoms with E-state index in [2.05, 4.69) is 6.92 Å². The molecule has 3 nitrogen and oxygen atoms in total. The quantitative estimate of drug-likeness (QED) is 0.697. The van der Waals surface area contributed by atoms with Crippen LogP contribution in [0.25, 0.3) is 0 Å². The van der Waals surface area contributed by atoms with Gasteiger partial charge in [0, 0.05) is 12.6 Å². The van der Waals surface area contributed by atoms with Crippen molar-refractivity contribution in [2.24, 2.45) is 5.92 Å². The minimum absolute atomic E-state index is 0.333. The lowest BCUT2D eigenvalue weighted by Gasteiger charge is -2.28. The third kappa shape index (κ3) is 3.27. The Labute approximate surface area is 112 Å². The van der Waals surface area contributed by atoms with Crippen molar-refractivity contribution in [2.75, 3.05) is 12.3 Å². The van der Waals surface area contributed by atoms with Gasteiger partial charge in [0.15, 0.2) is 0 Å². The van der Waals surface area contributed by atoms with Crippen LogP contribution < -0.4 is 0 Å². The molecule has 1 heterocycles. The molecule has 0 bridgehead atoms. The largest absolute Gasteiger partial charge is 0.214 e. The third-order valence-electron chi connectivity index (χ3n) is 4.56. The van der Waals surface area contributed by atoms with E-state index >= 15 is 0 Å². The Hall–Kier alpha value is -0.0900. The van der Waals surface area contributed by atoms with Gasteiger partial charge < -0.3 is 0 Å². The fourth-order valence-electron chi connectivity index (χ4n) is 3.58. The molecule has 1 aliphatic heterocycles. The number of nitrogens with zero attached hydrogens (tertiary/aromatic N) is 1. The maximum absolute atomic E-state index is 12.4. The zero-order valence-electron chi connectivity index (χ0n) is 11.6. The molecule has 4 heteroatoms. The van der Waals surface area contributed by atoms with E-state index in [1.165, 1.54) is 25.7 Å². The van der Waals surface area contributed by atoms with E-state index in [-0.39, 0.29) is 0 Å². The first-order chi connectivity index (χ1) is 8.65.